The van der Waals surface area contributed by atoms with E-state index in [2.05, 4.69) is 15.9 Å². The Kier molecular flexibility index (Phi) is 5.49. The number of carbonyl (C=O) groups excluding carboxylic acids is 1. The molecule has 2 N–H and O–H groups in total. The van der Waals surface area contributed by atoms with E-state index in [1.54, 1.807) is 4.90 Å². The Balaban J connectivity index is 2.50. The normalized spacial score (nSPS) is 10.2. The van der Waals surface area contributed by atoms with Gasteiger partial charge < -0.3 is 10.6 Å². The van der Waals surface area contributed by atoms with Gasteiger partial charge in [-0.05, 0) is 30.7 Å². The summed E-state index contributed by atoms with van der Waals surface area (Å²) in [7, 11) is 1.82. The molecule has 1 aromatic carbocycles. The van der Waals surface area contributed by atoms with E-state index >= 15 is 0 Å². The minimum atomic E-state index is 0.144. The second-order valence-corrected chi connectivity index (χ2v) is 4.69. The number of hydrogen-bond acceptors (Lipinski definition) is 2. The van der Waals surface area contributed by atoms with Crippen LogP contribution >= 0.6 is 15.9 Å². The van der Waals surface area contributed by atoms with E-state index in [0.29, 0.717) is 19.5 Å². The molecule has 1 amide bonds. The highest BCUT2D eigenvalue weighted by Crippen LogP contribution is 2.13. The molecule has 0 radical (unpaired) electrons. The number of benzene rings is 1. The third-order valence-corrected chi connectivity index (χ3v) is 2.82. The van der Waals surface area contributed by atoms with Gasteiger partial charge in [-0.15, -0.1) is 0 Å². The van der Waals surface area contributed by atoms with Crippen LogP contribution in [0.1, 0.15) is 18.4 Å². The van der Waals surface area contributed by atoms with Crippen LogP contribution in [-0.4, -0.2) is 24.4 Å². The zero-order valence-electron chi connectivity index (χ0n) is 9.45. The lowest BCUT2D eigenvalue weighted by molar-refractivity contribution is -0.130. The van der Waals surface area contributed by atoms with Crippen molar-refractivity contribution < 1.29 is 4.79 Å². The molecule has 16 heavy (non-hydrogen) atoms. The number of halogens is 1. The van der Waals surface area contributed by atoms with Crippen LogP contribution < -0.4 is 5.73 Å². The van der Waals surface area contributed by atoms with Gasteiger partial charge in [0, 0.05) is 24.5 Å². The highest BCUT2D eigenvalue weighted by atomic mass is 79.9. The van der Waals surface area contributed by atoms with Crippen LogP contribution in [0.3, 0.4) is 0 Å². The Morgan fingerprint density at radius 1 is 1.50 bits per heavy atom. The maximum Gasteiger partial charge on any atom is 0.222 e. The number of amides is 1. The molecule has 0 aliphatic carbocycles. The Bertz CT molecular complexity index is 355. The molecule has 0 atom stereocenters. The first kappa shape index (κ1) is 13.2. The smallest absolute Gasteiger partial charge is 0.222 e. The summed E-state index contributed by atoms with van der Waals surface area (Å²) in [5.41, 5.74) is 6.50. The van der Waals surface area contributed by atoms with E-state index in [9.17, 15) is 4.79 Å². The van der Waals surface area contributed by atoms with Gasteiger partial charge in [0.15, 0.2) is 0 Å². The number of rotatable bonds is 5. The van der Waals surface area contributed by atoms with Crippen LogP contribution in [0.25, 0.3) is 0 Å². The fraction of sp³-hybridized carbons (Fsp3) is 0.417. The Labute approximate surface area is 105 Å². The third kappa shape index (κ3) is 4.33. The van der Waals surface area contributed by atoms with Gasteiger partial charge in [-0.2, -0.15) is 0 Å². The molecule has 0 unspecified atom stereocenters. The molecule has 1 aromatic rings. The van der Waals surface area contributed by atoms with E-state index in [1.165, 1.54) is 0 Å². The summed E-state index contributed by atoms with van der Waals surface area (Å²) in [6, 6.07) is 7.97. The lowest BCUT2D eigenvalue weighted by Crippen LogP contribution is -2.26. The molecule has 88 valence electrons. The van der Waals surface area contributed by atoms with Crippen molar-refractivity contribution in [2.75, 3.05) is 13.6 Å². The van der Waals surface area contributed by atoms with Gasteiger partial charge in [-0.25, -0.2) is 0 Å². The first-order chi connectivity index (χ1) is 7.63. The molecular formula is C12H17BrN2O. The standard InChI is InChI=1S/C12H17BrN2O/c1-15(12(16)6-3-7-14)9-10-4-2-5-11(13)8-10/h2,4-5,8H,3,6-7,9,14H2,1H3. The van der Waals surface area contributed by atoms with E-state index in [0.717, 1.165) is 16.5 Å². The molecule has 0 bridgehead atoms. The summed E-state index contributed by atoms with van der Waals surface area (Å²) in [5, 5.41) is 0. The van der Waals surface area contributed by atoms with Gasteiger partial charge in [-0.1, -0.05) is 28.1 Å². The van der Waals surface area contributed by atoms with Crippen molar-refractivity contribution in [2.24, 2.45) is 5.73 Å². The van der Waals surface area contributed by atoms with Crippen LogP contribution in [0.5, 0.6) is 0 Å². The maximum atomic E-state index is 11.6. The molecule has 0 saturated carbocycles. The van der Waals surface area contributed by atoms with Gasteiger partial charge in [0.2, 0.25) is 5.91 Å². The van der Waals surface area contributed by atoms with Crippen molar-refractivity contribution in [1.29, 1.82) is 0 Å². The quantitative estimate of drug-likeness (QED) is 0.901. The second kappa shape index (κ2) is 6.66. The summed E-state index contributed by atoms with van der Waals surface area (Å²) >= 11 is 3.41. The predicted octanol–water partition coefficient (Wildman–Crippen LogP) is 2.15. The third-order valence-electron chi connectivity index (χ3n) is 2.33. The van der Waals surface area contributed by atoms with Crippen molar-refractivity contribution in [2.45, 2.75) is 19.4 Å². The van der Waals surface area contributed by atoms with E-state index in [-0.39, 0.29) is 5.91 Å². The number of carbonyl (C=O) groups is 1. The fourth-order valence-electron chi connectivity index (χ4n) is 1.44. The molecule has 0 saturated heterocycles. The summed E-state index contributed by atoms with van der Waals surface area (Å²) in [4.78, 5) is 13.4. The highest BCUT2D eigenvalue weighted by molar-refractivity contribution is 9.10. The summed E-state index contributed by atoms with van der Waals surface area (Å²) in [5.74, 6) is 0.144. The molecule has 3 nitrogen and oxygen atoms in total. The fourth-order valence-corrected chi connectivity index (χ4v) is 1.89. The monoisotopic (exact) mass is 284 g/mol. The number of nitrogens with two attached hydrogens (primary N) is 1. The molecule has 0 heterocycles. The number of nitrogens with zero attached hydrogens (tertiary/aromatic N) is 1. The van der Waals surface area contributed by atoms with Gasteiger partial charge in [0.1, 0.15) is 0 Å². The van der Waals surface area contributed by atoms with E-state index < -0.39 is 0 Å². The van der Waals surface area contributed by atoms with E-state index in [4.69, 9.17) is 5.73 Å². The minimum absolute atomic E-state index is 0.144. The summed E-state index contributed by atoms with van der Waals surface area (Å²) in [6.07, 6.45) is 1.28. The van der Waals surface area contributed by atoms with Crippen molar-refractivity contribution in [1.82, 2.24) is 4.90 Å². The predicted molar refractivity (Wildman–Crippen MR) is 68.9 cm³/mol. The van der Waals surface area contributed by atoms with Crippen molar-refractivity contribution in [3.63, 3.8) is 0 Å². The largest absolute Gasteiger partial charge is 0.341 e. The maximum absolute atomic E-state index is 11.6. The SMILES string of the molecule is CN(Cc1cccc(Br)c1)C(=O)CCCN. The average Bonchev–Trinajstić information content (AvgIpc) is 2.25. The molecule has 0 fully saturated rings. The van der Waals surface area contributed by atoms with Crippen LogP contribution in [0.2, 0.25) is 0 Å². The van der Waals surface area contributed by atoms with Crippen LogP contribution in [-0.2, 0) is 11.3 Å². The zero-order chi connectivity index (χ0) is 12.0. The lowest BCUT2D eigenvalue weighted by Gasteiger charge is -2.17. The Morgan fingerprint density at radius 3 is 2.88 bits per heavy atom. The first-order valence-electron chi connectivity index (χ1n) is 5.32. The van der Waals surface area contributed by atoms with Crippen molar-refractivity contribution in [3.05, 3.63) is 34.3 Å². The molecule has 0 aliphatic rings. The van der Waals surface area contributed by atoms with Gasteiger partial charge in [0.25, 0.3) is 0 Å². The van der Waals surface area contributed by atoms with Gasteiger partial charge in [-0.3, -0.25) is 4.79 Å². The number of hydrogen-bond donors (Lipinski definition) is 1. The van der Waals surface area contributed by atoms with Gasteiger partial charge >= 0.3 is 0 Å². The van der Waals surface area contributed by atoms with Gasteiger partial charge in [0.05, 0.1) is 0 Å². The molecule has 0 aromatic heterocycles. The Hall–Kier alpha value is -0.870. The molecule has 0 aliphatic heterocycles. The topological polar surface area (TPSA) is 46.3 Å². The zero-order valence-corrected chi connectivity index (χ0v) is 11.0. The Morgan fingerprint density at radius 2 is 2.25 bits per heavy atom. The van der Waals surface area contributed by atoms with Crippen molar-refractivity contribution in [3.8, 4) is 0 Å². The second-order valence-electron chi connectivity index (χ2n) is 3.77. The summed E-state index contributed by atoms with van der Waals surface area (Å²) < 4.78 is 1.04. The molecule has 1 rings (SSSR count). The van der Waals surface area contributed by atoms with Crippen LogP contribution in [0, 0.1) is 0 Å². The first-order valence-corrected chi connectivity index (χ1v) is 6.11. The van der Waals surface area contributed by atoms with E-state index in [1.807, 2.05) is 31.3 Å². The molecule has 0 spiro atoms. The van der Waals surface area contributed by atoms with Crippen LogP contribution in [0.15, 0.2) is 28.7 Å². The summed E-state index contributed by atoms with van der Waals surface area (Å²) in [6.45, 7) is 1.21. The highest BCUT2D eigenvalue weighted by Gasteiger charge is 2.08. The minimum Gasteiger partial charge on any atom is -0.341 e. The lowest BCUT2D eigenvalue weighted by atomic mass is 10.2. The molecular weight excluding hydrogens is 268 g/mol. The molecule has 4 heteroatoms. The van der Waals surface area contributed by atoms with Crippen molar-refractivity contribution >= 4 is 21.8 Å². The van der Waals surface area contributed by atoms with Crippen LogP contribution in [0.4, 0.5) is 0 Å². The average molecular weight is 285 g/mol.